The van der Waals surface area contributed by atoms with Crippen molar-refractivity contribution in [3.63, 3.8) is 0 Å². The molecule has 1 saturated heterocycles. The van der Waals surface area contributed by atoms with Crippen LogP contribution >= 0.6 is 11.8 Å². The molecule has 0 spiro atoms. The molecule has 0 amide bonds. The van der Waals surface area contributed by atoms with Crippen molar-refractivity contribution in [2.24, 2.45) is 0 Å². The molecule has 0 bridgehead atoms. The van der Waals surface area contributed by atoms with Crippen LogP contribution in [0.15, 0.2) is 0 Å². The van der Waals surface area contributed by atoms with Crippen LogP contribution < -0.4 is 0 Å². The number of hydrogen-bond donors (Lipinski definition) is 3. The van der Waals surface area contributed by atoms with E-state index in [9.17, 15) is 15.3 Å². The molecule has 1 heterocycles. The summed E-state index contributed by atoms with van der Waals surface area (Å²) in [6.45, 7) is 1.64. The maximum absolute atomic E-state index is 9.53. The van der Waals surface area contributed by atoms with E-state index in [1.807, 2.05) is 0 Å². The van der Waals surface area contributed by atoms with Crippen LogP contribution in [-0.4, -0.2) is 50.9 Å². The Morgan fingerprint density at radius 1 is 1.29 bits per heavy atom. The first-order valence-corrected chi connectivity index (χ1v) is 5.37. The van der Waals surface area contributed by atoms with Crippen LogP contribution in [0.25, 0.3) is 0 Å². The molecule has 3 N–H and O–H groups in total. The Kier molecular flexibility index (Phi) is 4.23. The smallest absolute Gasteiger partial charge is 0.133 e. The van der Waals surface area contributed by atoms with Crippen molar-refractivity contribution >= 4 is 11.8 Å². The van der Waals surface area contributed by atoms with Crippen molar-refractivity contribution in [2.45, 2.75) is 36.8 Å². The molecule has 2 unspecified atom stereocenters. The minimum absolute atomic E-state index is 0.400. The first-order valence-electron chi connectivity index (χ1n) is 4.32. The molecule has 0 aromatic rings. The van der Waals surface area contributed by atoms with Crippen LogP contribution in [0.5, 0.6) is 0 Å². The van der Waals surface area contributed by atoms with E-state index in [2.05, 4.69) is 5.92 Å². The van der Waals surface area contributed by atoms with Crippen molar-refractivity contribution in [2.75, 3.05) is 5.75 Å². The van der Waals surface area contributed by atoms with Gasteiger partial charge in [0.25, 0.3) is 0 Å². The lowest BCUT2D eigenvalue weighted by molar-refractivity contribution is -0.192. The third-order valence-electron chi connectivity index (χ3n) is 2.14. The second-order valence-corrected chi connectivity index (χ2v) is 4.28. The van der Waals surface area contributed by atoms with E-state index in [4.69, 9.17) is 11.2 Å². The normalized spacial score (nSPS) is 43.2. The number of rotatable bonds is 2. The first-order chi connectivity index (χ1) is 6.57. The number of hydrogen-bond acceptors (Lipinski definition) is 5. The van der Waals surface area contributed by atoms with Gasteiger partial charge in [0.2, 0.25) is 0 Å². The highest BCUT2D eigenvalue weighted by Gasteiger charge is 2.41. The highest BCUT2D eigenvalue weighted by atomic mass is 32.2. The van der Waals surface area contributed by atoms with E-state index in [0.717, 1.165) is 0 Å². The summed E-state index contributed by atoms with van der Waals surface area (Å²) < 4.78 is 5.29. The van der Waals surface area contributed by atoms with Gasteiger partial charge < -0.3 is 20.1 Å². The summed E-state index contributed by atoms with van der Waals surface area (Å²) in [4.78, 5) is 0. The van der Waals surface area contributed by atoms with Crippen molar-refractivity contribution in [3.8, 4) is 12.3 Å². The van der Waals surface area contributed by atoms with Gasteiger partial charge in [0, 0.05) is 0 Å². The fourth-order valence-electron chi connectivity index (χ4n) is 1.28. The van der Waals surface area contributed by atoms with Crippen LogP contribution in [0.3, 0.4) is 0 Å². The van der Waals surface area contributed by atoms with Gasteiger partial charge >= 0.3 is 0 Å². The SMILES string of the molecule is C#CCS[C@@H]1OC(C)[C@H](O)[C@H](O)C1O. The quantitative estimate of drug-likeness (QED) is 0.528. The minimum Gasteiger partial charge on any atom is -0.388 e. The number of thioether (sulfide) groups is 1. The lowest BCUT2D eigenvalue weighted by Gasteiger charge is -2.38. The van der Waals surface area contributed by atoms with E-state index in [-0.39, 0.29) is 0 Å². The molecule has 5 heteroatoms. The Labute approximate surface area is 87.3 Å². The Morgan fingerprint density at radius 3 is 2.50 bits per heavy atom. The summed E-state index contributed by atoms with van der Waals surface area (Å²) in [7, 11) is 0. The molecule has 1 aliphatic heterocycles. The number of aliphatic hydroxyl groups excluding tert-OH is 3. The largest absolute Gasteiger partial charge is 0.388 e. The third kappa shape index (κ3) is 2.41. The van der Waals surface area contributed by atoms with Crippen LogP contribution in [0.1, 0.15) is 6.92 Å². The fourth-order valence-corrected chi connectivity index (χ4v) is 2.15. The molecule has 14 heavy (non-hydrogen) atoms. The average Bonchev–Trinajstić information content (AvgIpc) is 2.18. The van der Waals surface area contributed by atoms with Gasteiger partial charge in [0.05, 0.1) is 11.9 Å². The molecule has 0 saturated carbocycles. The summed E-state index contributed by atoms with van der Waals surface area (Å²) >= 11 is 1.24. The number of terminal acetylenes is 1. The van der Waals surface area contributed by atoms with Crippen molar-refractivity contribution in [1.82, 2.24) is 0 Å². The van der Waals surface area contributed by atoms with Gasteiger partial charge in [-0.25, -0.2) is 0 Å². The summed E-state index contributed by atoms with van der Waals surface area (Å²) in [5, 5.41) is 28.3. The third-order valence-corrected chi connectivity index (χ3v) is 3.19. The van der Waals surface area contributed by atoms with E-state index < -0.39 is 29.9 Å². The molecule has 1 aliphatic rings. The summed E-state index contributed by atoms with van der Waals surface area (Å²) in [6, 6.07) is 0. The first kappa shape index (κ1) is 11.8. The van der Waals surface area contributed by atoms with Crippen LogP contribution in [0.4, 0.5) is 0 Å². The van der Waals surface area contributed by atoms with Gasteiger partial charge in [-0.3, -0.25) is 0 Å². The van der Waals surface area contributed by atoms with Gasteiger partial charge in [-0.1, -0.05) is 5.92 Å². The molecule has 5 atom stereocenters. The van der Waals surface area contributed by atoms with Crippen molar-refractivity contribution < 1.29 is 20.1 Å². The molecule has 0 aromatic heterocycles. The maximum atomic E-state index is 9.53. The number of aliphatic hydroxyl groups is 3. The fraction of sp³-hybridized carbons (Fsp3) is 0.778. The lowest BCUT2D eigenvalue weighted by atomic mass is 10.0. The molecule has 1 rings (SSSR count). The van der Waals surface area contributed by atoms with E-state index in [1.54, 1.807) is 6.92 Å². The maximum Gasteiger partial charge on any atom is 0.133 e. The monoisotopic (exact) mass is 218 g/mol. The summed E-state index contributed by atoms with van der Waals surface area (Å²) in [5.41, 5.74) is -0.570. The van der Waals surface area contributed by atoms with E-state index in [0.29, 0.717) is 5.75 Å². The molecule has 1 fully saturated rings. The van der Waals surface area contributed by atoms with Crippen LogP contribution in [-0.2, 0) is 4.74 Å². The standard InChI is InChI=1S/C9H14O4S/c1-3-4-14-9-8(12)7(11)6(10)5(2)13-9/h1,5-12H,4H2,2H3/t5?,6-,7-,8?,9-/m0/s1. The van der Waals surface area contributed by atoms with E-state index >= 15 is 0 Å². The summed E-state index contributed by atoms with van der Waals surface area (Å²) in [6.07, 6.45) is 1.25. The zero-order valence-corrected chi connectivity index (χ0v) is 8.65. The molecule has 0 aliphatic carbocycles. The van der Waals surface area contributed by atoms with Gasteiger partial charge in [0.15, 0.2) is 0 Å². The second kappa shape index (κ2) is 5.01. The molecular formula is C9H14O4S. The number of ether oxygens (including phenoxy) is 1. The molecule has 0 radical (unpaired) electrons. The molecular weight excluding hydrogens is 204 g/mol. The van der Waals surface area contributed by atoms with Crippen LogP contribution in [0, 0.1) is 12.3 Å². The molecule has 80 valence electrons. The highest BCUT2D eigenvalue weighted by Crippen LogP contribution is 2.27. The zero-order valence-electron chi connectivity index (χ0n) is 7.83. The molecule has 0 aromatic carbocycles. The van der Waals surface area contributed by atoms with Gasteiger partial charge in [-0.2, -0.15) is 0 Å². The van der Waals surface area contributed by atoms with E-state index in [1.165, 1.54) is 11.8 Å². The Morgan fingerprint density at radius 2 is 1.93 bits per heavy atom. The topological polar surface area (TPSA) is 69.9 Å². The Bertz CT molecular complexity index is 227. The van der Waals surface area contributed by atoms with Gasteiger partial charge in [0.1, 0.15) is 23.7 Å². The molecule has 4 nitrogen and oxygen atoms in total. The zero-order chi connectivity index (χ0) is 10.7. The van der Waals surface area contributed by atoms with Crippen molar-refractivity contribution in [3.05, 3.63) is 0 Å². The Hall–Kier alpha value is -0.250. The second-order valence-electron chi connectivity index (χ2n) is 3.20. The van der Waals surface area contributed by atoms with Crippen molar-refractivity contribution in [1.29, 1.82) is 0 Å². The predicted octanol–water partition coefficient (Wildman–Crippen LogP) is -0.820. The van der Waals surface area contributed by atoms with Gasteiger partial charge in [-0.15, -0.1) is 18.2 Å². The predicted molar refractivity (Wildman–Crippen MR) is 53.6 cm³/mol. The summed E-state index contributed by atoms with van der Waals surface area (Å²) in [5.74, 6) is 2.80. The Balaban J connectivity index is 2.57. The average molecular weight is 218 g/mol. The highest BCUT2D eigenvalue weighted by molar-refractivity contribution is 8.00. The lowest BCUT2D eigenvalue weighted by Crippen LogP contribution is -2.55. The van der Waals surface area contributed by atoms with Crippen LogP contribution in [0.2, 0.25) is 0 Å². The van der Waals surface area contributed by atoms with Gasteiger partial charge in [-0.05, 0) is 6.92 Å². The minimum atomic E-state index is -1.17.